The van der Waals surface area contributed by atoms with Crippen molar-refractivity contribution in [2.75, 3.05) is 18.0 Å². The Morgan fingerprint density at radius 3 is 2.80 bits per heavy atom. The van der Waals surface area contributed by atoms with Crippen LogP contribution in [0.3, 0.4) is 0 Å². The van der Waals surface area contributed by atoms with Gasteiger partial charge in [0.05, 0.1) is 18.1 Å². The van der Waals surface area contributed by atoms with E-state index in [-0.39, 0.29) is 12.5 Å². The van der Waals surface area contributed by atoms with Crippen LogP contribution in [0.25, 0.3) is 0 Å². The molecule has 1 amide bonds. The third kappa shape index (κ3) is 3.98. The average Bonchev–Trinajstić information content (AvgIpc) is 2.49. The molecule has 0 aliphatic rings. The van der Waals surface area contributed by atoms with E-state index >= 15 is 0 Å². The Morgan fingerprint density at radius 2 is 2.27 bits per heavy atom. The summed E-state index contributed by atoms with van der Waals surface area (Å²) in [5.41, 5.74) is 0.335. The van der Waals surface area contributed by atoms with Crippen molar-refractivity contribution in [3.63, 3.8) is 0 Å². The molecule has 0 aromatic carbocycles. The van der Waals surface area contributed by atoms with Crippen molar-refractivity contribution in [3.8, 4) is 0 Å². The molecule has 1 heterocycles. The number of nitrogens with zero attached hydrogens (tertiary/aromatic N) is 2. The van der Waals surface area contributed by atoms with Gasteiger partial charge in [-0.1, -0.05) is 0 Å². The number of nitrogens with one attached hydrogen (secondary N) is 2. The molecular weight excluding hydrogens is 220 g/mol. The second-order valence-electron chi connectivity index (χ2n) is 2.97. The van der Waals surface area contributed by atoms with Crippen LogP contribution in [0.4, 0.5) is 5.69 Å². The lowest BCUT2D eigenvalue weighted by Crippen LogP contribution is -2.23. The highest BCUT2D eigenvalue weighted by Crippen LogP contribution is 2.05. The van der Waals surface area contributed by atoms with E-state index in [2.05, 4.69) is 15.1 Å². The predicted octanol–water partition coefficient (Wildman–Crippen LogP) is -0.999. The normalized spacial score (nSPS) is 11.1. The third-order valence-electron chi connectivity index (χ3n) is 1.52. The molecule has 0 spiro atoms. The van der Waals surface area contributed by atoms with Gasteiger partial charge in [0.15, 0.2) is 0 Å². The molecule has 0 saturated heterocycles. The van der Waals surface area contributed by atoms with Gasteiger partial charge in [-0.2, -0.15) is 5.10 Å². The van der Waals surface area contributed by atoms with E-state index in [1.807, 2.05) is 0 Å². The Kier molecular flexibility index (Phi) is 3.30. The molecule has 8 heteroatoms. The van der Waals surface area contributed by atoms with Crippen LogP contribution in [0.2, 0.25) is 0 Å². The van der Waals surface area contributed by atoms with Crippen LogP contribution >= 0.6 is 0 Å². The van der Waals surface area contributed by atoms with Crippen LogP contribution in [0.15, 0.2) is 12.4 Å². The summed E-state index contributed by atoms with van der Waals surface area (Å²) in [6.45, 7) is 0.0575. The SMILES string of the molecule is CNC(=O)Cn1cc(NS(C)(=O)=O)cn1. The van der Waals surface area contributed by atoms with Crippen LogP contribution < -0.4 is 10.0 Å². The van der Waals surface area contributed by atoms with Gasteiger partial charge < -0.3 is 5.32 Å². The smallest absolute Gasteiger partial charge is 0.241 e. The summed E-state index contributed by atoms with van der Waals surface area (Å²) in [5.74, 6) is -0.205. The summed E-state index contributed by atoms with van der Waals surface area (Å²) in [5, 5.41) is 6.25. The Morgan fingerprint density at radius 1 is 1.60 bits per heavy atom. The molecule has 0 radical (unpaired) electrons. The Labute approximate surface area is 87.5 Å². The van der Waals surface area contributed by atoms with Gasteiger partial charge >= 0.3 is 0 Å². The molecule has 0 saturated carbocycles. The zero-order valence-electron chi connectivity index (χ0n) is 8.39. The van der Waals surface area contributed by atoms with E-state index in [4.69, 9.17) is 0 Å². The van der Waals surface area contributed by atoms with E-state index in [0.717, 1.165) is 6.26 Å². The standard InChI is InChI=1S/C7H12N4O3S/c1-8-7(12)5-11-4-6(3-9-11)10-15(2,13)14/h3-4,10H,5H2,1-2H3,(H,8,12). The molecule has 1 aromatic rings. The van der Waals surface area contributed by atoms with Gasteiger partial charge in [-0.3, -0.25) is 14.2 Å². The van der Waals surface area contributed by atoms with Gasteiger partial charge in [-0.15, -0.1) is 0 Å². The first-order valence-corrected chi connectivity index (χ1v) is 6.00. The number of amides is 1. The molecule has 0 unspecified atom stereocenters. The second kappa shape index (κ2) is 4.30. The van der Waals surface area contributed by atoms with Crippen molar-refractivity contribution in [1.29, 1.82) is 0 Å². The van der Waals surface area contributed by atoms with Gasteiger partial charge in [0, 0.05) is 13.2 Å². The zero-order valence-corrected chi connectivity index (χ0v) is 9.21. The van der Waals surface area contributed by atoms with Crippen LogP contribution in [0.1, 0.15) is 0 Å². The van der Waals surface area contributed by atoms with Crippen LogP contribution in [-0.4, -0.2) is 37.4 Å². The van der Waals surface area contributed by atoms with Crippen molar-refractivity contribution in [1.82, 2.24) is 15.1 Å². The maximum atomic E-state index is 11.0. The molecule has 84 valence electrons. The minimum atomic E-state index is -3.30. The van der Waals surface area contributed by atoms with Gasteiger partial charge in [0.2, 0.25) is 15.9 Å². The monoisotopic (exact) mass is 232 g/mol. The van der Waals surface area contributed by atoms with Gasteiger partial charge in [0.1, 0.15) is 6.54 Å². The van der Waals surface area contributed by atoms with Gasteiger partial charge in [0.25, 0.3) is 0 Å². The number of rotatable bonds is 4. The number of likely N-dealkylation sites (N-methyl/N-ethyl adjacent to an activating group) is 1. The fourth-order valence-corrected chi connectivity index (χ4v) is 1.48. The van der Waals surface area contributed by atoms with Crippen molar-refractivity contribution in [2.45, 2.75) is 6.54 Å². The second-order valence-corrected chi connectivity index (χ2v) is 4.72. The van der Waals surface area contributed by atoms with Crippen molar-refractivity contribution < 1.29 is 13.2 Å². The number of sulfonamides is 1. The molecule has 7 nitrogen and oxygen atoms in total. The van der Waals surface area contributed by atoms with Gasteiger partial charge in [-0.05, 0) is 0 Å². The fourth-order valence-electron chi connectivity index (χ4n) is 0.943. The highest BCUT2D eigenvalue weighted by atomic mass is 32.2. The highest BCUT2D eigenvalue weighted by Gasteiger charge is 2.06. The summed E-state index contributed by atoms with van der Waals surface area (Å²) in [7, 11) is -1.79. The van der Waals surface area contributed by atoms with E-state index < -0.39 is 10.0 Å². The number of anilines is 1. The maximum absolute atomic E-state index is 11.0. The molecule has 0 aliphatic heterocycles. The number of aromatic nitrogens is 2. The van der Waals surface area contributed by atoms with Crippen LogP contribution in [0.5, 0.6) is 0 Å². The van der Waals surface area contributed by atoms with Crippen molar-refractivity contribution in [2.24, 2.45) is 0 Å². The zero-order chi connectivity index (χ0) is 11.5. The molecule has 1 aromatic heterocycles. The van der Waals surface area contributed by atoms with E-state index in [0.29, 0.717) is 5.69 Å². The predicted molar refractivity (Wildman–Crippen MR) is 54.8 cm³/mol. The molecular formula is C7H12N4O3S. The average molecular weight is 232 g/mol. The molecule has 1 rings (SSSR count). The summed E-state index contributed by atoms with van der Waals surface area (Å²) in [4.78, 5) is 11.0. The van der Waals surface area contributed by atoms with E-state index in [9.17, 15) is 13.2 Å². The summed E-state index contributed by atoms with van der Waals surface area (Å²) in [6, 6.07) is 0. The summed E-state index contributed by atoms with van der Waals surface area (Å²) >= 11 is 0. The Balaban J connectivity index is 2.69. The summed E-state index contributed by atoms with van der Waals surface area (Å²) in [6.07, 6.45) is 3.82. The van der Waals surface area contributed by atoms with Crippen molar-refractivity contribution in [3.05, 3.63) is 12.4 Å². The fraction of sp³-hybridized carbons (Fsp3) is 0.429. The maximum Gasteiger partial charge on any atom is 0.241 e. The highest BCUT2D eigenvalue weighted by molar-refractivity contribution is 7.92. The molecule has 0 fully saturated rings. The largest absolute Gasteiger partial charge is 0.358 e. The minimum absolute atomic E-state index is 0.0575. The lowest BCUT2D eigenvalue weighted by molar-refractivity contribution is -0.121. The number of hydrogen-bond donors (Lipinski definition) is 2. The Hall–Kier alpha value is -1.57. The Bertz CT molecular complexity index is 451. The van der Waals surface area contributed by atoms with Crippen LogP contribution in [-0.2, 0) is 21.4 Å². The van der Waals surface area contributed by atoms with Crippen molar-refractivity contribution >= 4 is 21.6 Å². The van der Waals surface area contributed by atoms with Crippen LogP contribution in [0, 0.1) is 0 Å². The van der Waals surface area contributed by atoms with E-state index in [1.165, 1.54) is 24.1 Å². The molecule has 0 aliphatic carbocycles. The molecule has 2 N–H and O–H groups in total. The molecule has 0 bridgehead atoms. The minimum Gasteiger partial charge on any atom is -0.358 e. The lowest BCUT2D eigenvalue weighted by atomic mass is 10.6. The molecule has 15 heavy (non-hydrogen) atoms. The molecule has 0 atom stereocenters. The third-order valence-corrected chi connectivity index (χ3v) is 2.13. The van der Waals surface area contributed by atoms with Gasteiger partial charge in [-0.25, -0.2) is 8.42 Å². The first-order valence-electron chi connectivity index (χ1n) is 4.11. The van der Waals surface area contributed by atoms with E-state index in [1.54, 1.807) is 0 Å². The number of carbonyl (C=O) groups is 1. The first-order chi connectivity index (χ1) is 6.90. The summed E-state index contributed by atoms with van der Waals surface area (Å²) < 4.78 is 25.3. The first kappa shape index (κ1) is 11.5. The topological polar surface area (TPSA) is 93.1 Å². The quantitative estimate of drug-likeness (QED) is 0.696. The number of hydrogen-bond acceptors (Lipinski definition) is 4. The number of carbonyl (C=O) groups excluding carboxylic acids is 1. The lowest BCUT2D eigenvalue weighted by Gasteiger charge is -1.99.